The first-order valence-electron chi connectivity index (χ1n) is 23.1. The van der Waals surface area contributed by atoms with Crippen molar-refractivity contribution in [1.82, 2.24) is 15.0 Å². The van der Waals surface area contributed by atoms with Gasteiger partial charge in [0.1, 0.15) is 11.2 Å². The largest absolute Gasteiger partial charge is 0.455 e. The van der Waals surface area contributed by atoms with Crippen LogP contribution in [0.3, 0.4) is 0 Å². The minimum Gasteiger partial charge on any atom is -0.455 e. The second-order valence-corrected chi connectivity index (χ2v) is 21.3. The first kappa shape index (κ1) is 39.6. The van der Waals surface area contributed by atoms with Crippen molar-refractivity contribution in [2.75, 3.05) is 0 Å². The summed E-state index contributed by atoms with van der Waals surface area (Å²) in [4.78, 5) is 15.5. The molecule has 0 amide bonds. The zero-order valence-corrected chi connectivity index (χ0v) is 37.9. The minimum absolute atomic E-state index is 0.564. The Bertz CT molecular complexity index is 3910. The summed E-state index contributed by atoms with van der Waals surface area (Å²) in [6.45, 7) is 0. The lowest BCUT2D eigenvalue weighted by Gasteiger charge is -2.34. The molecule has 0 N–H and O–H groups in total. The van der Waals surface area contributed by atoms with Gasteiger partial charge in [0.05, 0.1) is 5.56 Å². The van der Waals surface area contributed by atoms with Gasteiger partial charge in [-0.1, -0.05) is 224 Å². The van der Waals surface area contributed by atoms with Crippen LogP contribution in [0, 0.1) is 0 Å². The third kappa shape index (κ3) is 6.47. The van der Waals surface area contributed by atoms with E-state index in [-0.39, 0.29) is 0 Å². The molecular formula is C63H41N3OSi. The monoisotopic (exact) mass is 883 g/mol. The van der Waals surface area contributed by atoms with Crippen molar-refractivity contribution in [2.45, 2.75) is 0 Å². The van der Waals surface area contributed by atoms with E-state index < -0.39 is 8.07 Å². The topological polar surface area (TPSA) is 51.8 Å². The summed E-state index contributed by atoms with van der Waals surface area (Å²) >= 11 is 0. The van der Waals surface area contributed by atoms with Crippen LogP contribution in [0.25, 0.3) is 99.5 Å². The number of benzene rings is 11. The molecule has 0 aliphatic heterocycles. The third-order valence-corrected chi connectivity index (χ3v) is 18.5. The van der Waals surface area contributed by atoms with Crippen molar-refractivity contribution >= 4 is 83.1 Å². The van der Waals surface area contributed by atoms with Gasteiger partial charge in [0.25, 0.3) is 0 Å². The molecule has 11 aromatic carbocycles. The highest BCUT2D eigenvalue weighted by molar-refractivity contribution is 7.19. The molecule has 0 bridgehead atoms. The fourth-order valence-electron chi connectivity index (χ4n) is 10.5. The van der Waals surface area contributed by atoms with Gasteiger partial charge in [0.15, 0.2) is 25.5 Å². The Kier molecular flexibility index (Phi) is 9.48. The van der Waals surface area contributed by atoms with E-state index >= 15 is 0 Å². The number of hydrogen-bond acceptors (Lipinski definition) is 4. The van der Waals surface area contributed by atoms with Gasteiger partial charge in [0, 0.05) is 21.9 Å². The number of nitrogens with zero attached hydrogens (tertiary/aromatic N) is 3. The van der Waals surface area contributed by atoms with E-state index in [4.69, 9.17) is 19.4 Å². The number of rotatable bonds is 8. The lowest BCUT2D eigenvalue weighted by Crippen LogP contribution is -2.74. The van der Waals surface area contributed by atoms with Crippen LogP contribution in [0.4, 0.5) is 0 Å². The van der Waals surface area contributed by atoms with Crippen LogP contribution in [0.1, 0.15) is 0 Å². The molecule has 68 heavy (non-hydrogen) atoms. The van der Waals surface area contributed by atoms with Gasteiger partial charge in [-0.15, -0.1) is 0 Å². The Hall–Kier alpha value is -8.77. The summed E-state index contributed by atoms with van der Waals surface area (Å²) in [7, 11) is -2.65. The van der Waals surface area contributed by atoms with Crippen molar-refractivity contribution in [3.63, 3.8) is 0 Å². The molecule has 5 heteroatoms. The van der Waals surface area contributed by atoms with E-state index in [9.17, 15) is 0 Å². The van der Waals surface area contributed by atoms with E-state index in [0.29, 0.717) is 17.5 Å². The Morgan fingerprint density at radius 1 is 0.265 bits per heavy atom. The minimum atomic E-state index is -2.65. The van der Waals surface area contributed by atoms with Crippen molar-refractivity contribution in [1.29, 1.82) is 0 Å². The van der Waals surface area contributed by atoms with Crippen LogP contribution < -0.4 is 20.7 Å². The number of furan rings is 1. The molecule has 13 rings (SSSR count). The summed E-state index contributed by atoms with van der Waals surface area (Å²) < 4.78 is 6.49. The summed E-state index contributed by atoms with van der Waals surface area (Å²) in [5, 5.41) is 14.7. The first-order valence-corrected chi connectivity index (χ1v) is 25.1. The Balaban J connectivity index is 0.961. The van der Waals surface area contributed by atoms with E-state index in [1.54, 1.807) is 0 Å². The second-order valence-electron chi connectivity index (χ2n) is 17.4. The summed E-state index contributed by atoms with van der Waals surface area (Å²) in [5.41, 5.74) is 6.59. The normalized spacial score (nSPS) is 11.8. The molecule has 0 saturated carbocycles. The Morgan fingerprint density at radius 3 is 1.32 bits per heavy atom. The van der Waals surface area contributed by atoms with Crippen molar-refractivity contribution < 1.29 is 4.42 Å². The molecule has 0 atom stereocenters. The number of fused-ring (bicyclic) bond motifs is 9. The number of aromatic nitrogens is 3. The second kappa shape index (κ2) is 16.3. The van der Waals surface area contributed by atoms with E-state index in [1.807, 2.05) is 54.6 Å². The van der Waals surface area contributed by atoms with E-state index in [1.165, 1.54) is 58.8 Å². The maximum atomic E-state index is 6.49. The molecular weight excluding hydrogens is 843 g/mol. The van der Waals surface area contributed by atoms with Crippen LogP contribution in [-0.2, 0) is 0 Å². The quantitative estimate of drug-likeness (QED) is 0.0867. The highest BCUT2D eigenvalue weighted by Crippen LogP contribution is 2.40. The fourth-order valence-corrected chi connectivity index (χ4v) is 15.3. The standard InChI is InChI=1S/C63H41N3OSi/c1-5-18-43(19-6-1)61-64-62(66-63(65-61)56-30-17-29-55-54-28-15-16-31-59(54)67-60(55)56)45-35-39-53-57-40-44(34-38-52(57)50-26-13-14-27-51(50)58(53)41-45)42-32-36-49(37-33-42)68(46-20-7-2-8-21-46,47-22-9-3-10-23-47)48-24-11-4-12-25-48/h1-41H. The van der Waals surface area contributed by atoms with Gasteiger partial charge < -0.3 is 4.42 Å². The van der Waals surface area contributed by atoms with Crippen molar-refractivity contribution in [2.24, 2.45) is 0 Å². The highest BCUT2D eigenvalue weighted by Gasteiger charge is 2.41. The Morgan fingerprint density at radius 2 is 0.691 bits per heavy atom. The SMILES string of the molecule is c1ccc(-c2nc(-c3ccc4c5cc(-c6ccc([Si](c7ccccc7)(c7ccccc7)c7ccccc7)cc6)ccc5c5ccccc5c4c3)nc(-c3cccc4c3oc3ccccc34)n2)cc1. The molecule has 0 aliphatic carbocycles. The summed E-state index contributed by atoms with van der Waals surface area (Å²) in [5.74, 6) is 1.77. The zero-order chi connectivity index (χ0) is 45.0. The number of para-hydroxylation sites is 2. The summed E-state index contributed by atoms with van der Waals surface area (Å²) in [6, 6.07) is 89.5. The van der Waals surface area contributed by atoms with Crippen LogP contribution >= 0.6 is 0 Å². The van der Waals surface area contributed by atoms with Gasteiger partial charge in [-0.3, -0.25) is 0 Å². The molecule has 4 nitrogen and oxygen atoms in total. The van der Waals surface area contributed by atoms with E-state index in [2.05, 4.69) is 194 Å². The Labute approximate surface area is 394 Å². The molecule has 0 fully saturated rings. The van der Waals surface area contributed by atoms with Crippen LogP contribution in [0.5, 0.6) is 0 Å². The maximum Gasteiger partial charge on any atom is 0.179 e. The molecule has 13 aromatic rings. The lowest BCUT2D eigenvalue weighted by atomic mass is 9.91. The zero-order valence-electron chi connectivity index (χ0n) is 36.9. The predicted molar refractivity (Wildman–Crippen MR) is 285 cm³/mol. The van der Waals surface area contributed by atoms with Gasteiger partial charge in [-0.2, -0.15) is 0 Å². The van der Waals surface area contributed by atoms with Gasteiger partial charge in [0.2, 0.25) is 0 Å². The molecule has 0 radical (unpaired) electrons. The van der Waals surface area contributed by atoms with Crippen molar-refractivity contribution in [3.8, 4) is 45.3 Å². The average Bonchev–Trinajstić information content (AvgIpc) is 3.81. The third-order valence-electron chi connectivity index (χ3n) is 13.7. The highest BCUT2D eigenvalue weighted by atomic mass is 28.3. The smallest absolute Gasteiger partial charge is 0.179 e. The lowest BCUT2D eigenvalue weighted by molar-refractivity contribution is 0.669. The average molecular weight is 884 g/mol. The summed E-state index contributed by atoms with van der Waals surface area (Å²) in [6.07, 6.45) is 0. The first-order chi connectivity index (χ1) is 33.7. The van der Waals surface area contributed by atoms with Gasteiger partial charge in [-0.05, 0) is 88.5 Å². The van der Waals surface area contributed by atoms with Crippen molar-refractivity contribution in [3.05, 3.63) is 249 Å². The van der Waals surface area contributed by atoms with Gasteiger partial charge in [-0.25, -0.2) is 15.0 Å². The molecule has 318 valence electrons. The maximum absolute atomic E-state index is 6.49. The fraction of sp³-hybridized carbons (Fsp3) is 0. The predicted octanol–water partition coefficient (Wildman–Crippen LogP) is 13.3. The molecule has 2 aromatic heterocycles. The molecule has 0 spiro atoms. The van der Waals surface area contributed by atoms with E-state index in [0.717, 1.165) is 44.0 Å². The molecule has 0 aliphatic rings. The van der Waals surface area contributed by atoms with Crippen LogP contribution in [0.15, 0.2) is 253 Å². The molecule has 0 saturated heterocycles. The molecule has 2 heterocycles. The molecule has 0 unspecified atom stereocenters. The van der Waals surface area contributed by atoms with Gasteiger partial charge >= 0.3 is 0 Å². The van der Waals surface area contributed by atoms with Crippen LogP contribution in [-0.4, -0.2) is 23.0 Å². The van der Waals surface area contributed by atoms with Crippen LogP contribution in [0.2, 0.25) is 0 Å². The number of hydrogen-bond donors (Lipinski definition) is 0.